The second-order valence-electron chi connectivity index (χ2n) is 3.40. The van der Waals surface area contributed by atoms with Crippen LogP contribution in [0.25, 0.3) is 0 Å². The fraction of sp³-hybridized carbons (Fsp3) is 0.455. The number of halogens is 1. The molecule has 1 aromatic rings. The van der Waals surface area contributed by atoms with Crippen molar-refractivity contribution < 1.29 is 14.9 Å². The van der Waals surface area contributed by atoms with Gasteiger partial charge in [0.25, 0.3) is 0 Å². The van der Waals surface area contributed by atoms with Crippen molar-refractivity contribution in [1.29, 1.82) is 0 Å². The van der Waals surface area contributed by atoms with Crippen LogP contribution in [0, 0.1) is 0 Å². The van der Waals surface area contributed by atoms with E-state index in [9.17, 15) is 10.2 Å². The number of ether oxygens (including phenoxy) is 1. The highest BCUT2D eigenvalue weighted by molar-refractivity contribution is 9.09. The van der Waals surface area contributed by atoms with Crippen molar-refractivity contribution in [2.24, 2.45) is 0 Å². The van der Waals surface area contributed by atoms with Crippen molar-refractivity contribution in [3.05, 3.63) is 29.3 Å². The van der Waals surface area contributed by atoms with Gasteiger partial charge in [-0.05, 0) is 39.5 Å². The summed E-state index contributed by atoms with van der Waals surface area (Å²) in [5.74, 6) is 0.831. The van der Waals surface area contributed by atoms with Gasteiger partial charge in [-0.2, -0.15) is 0 Å². The molecule has 3 nitrogen and oxygen atoms in total. The predicted octanol–water partition coefficient (Wildman–Crippen LogP) is 1.83. The van der Waals surface area contributed by atoms with Gasteiger partial charge in [-0.1, -0.05) is 19.1 Å². The maximum atomic E-state index is 9.20. The Balaban J connectivity index is 2.93. The average Bonchev–Trinajstić information content (AvgIpc) is 2.15. The molecule has 0 fully saturated rings. The van der Waals surface area contributed by atoms with E-state index in [2.05, 4.69) is 15.9 Å². The van der Waals surface area contributed by atoms with Crippen molar-refractivity contribution in [3.8, 4) is 5.75 Å². The summed E-state index contributed by atoms with van der Waals surface area (Å²) in [7, 11) is 1.63. The molecular weight excluding hydrogens is 260 g/mol. The Labute approximate surface area is 97.8 Å². The smallest absolute Gasteiger partial charge is 0.225 e. The molecule has 0 aliphatic carbocycles. The molecule has 0 atom stereocenters. The standard InChI is InChI=1S/C11H15BrO3/c1-3-9-6-8(7-11(12,13)14)4-5-10(9)15-2/h4-6,13-14H,3,7H2,1-2H3. The number of benzene rings is 1. The Morgan fingerprint density at radius 2 is 2.07 bits per heavy atom. The summed E-state index contributed by atoms with van der Waals surface area (Å²) in [4.78, 5) is 0. The summed E-state index contributed by atoms with van der Waals surface area (Å²) in [5.41, 5.74) is 1.92. The average molecular weight is 275 g/mol. The molecule has 1 rings (SSSR count). The van der Waals surface area contributed by atoms with Crippen LogP contribution in [0.1, 0.15) is 18.1 Å². The van der Waals surface area contributed by atoms with E-state index < -0.39 is 4.70 Å². The lowest BCUT2D eigenvalue weighted by molar-refractivity contribution is -0.0671. The quantitative estimate of drug-likeness (QED) is 0.651. The highest BCUT2D eigenvalue weighted by Gasteiger charge is 2.18. The lowest BCUT2D eigenvalue weighted by Gasteiger charge is -2.15. The van der Waals surface area contributed by atoms with Crippen molar-refractivity contribution in [2.45, 2.75) is 24.5 Å². The highest BCUT2D eigenvalue weighted by Crippen LogP contribution is 2.23. The molecule has 0 radical (unpaired) electrons. The van der Waals surface area contributed by atoms with Gasteiger partial charge in [0.15, 0.2) is 0 Å². The zero-order valence-electron chi connectivity index (χ0n) is 8.83. The molecule has 0 spiro atoms. The third-order valence-corrected chi connectivity index (χ3v) is 2.44. The number of methoxy groups -OCH3 is 1. The Morgan fingerprint density at radius 3 is 2.53 bits per heavy atom. The van der Waals surface area contributed by atoms with Gasteiger partial charge in [0.05, 0.1) is 7.11 Å². The number of hydrogen-bond donors (Lipinski definition) is 2. The van der Waals surface area contributed by atoms with Crippen molar-refractivity contribution in [3.63, 3.8) is 0 Å². The van der Waals surface area contributed by atoms with Crippen LogP contribution in [0.15, 0.2) is 18.2 Å². The number of rotatable bonds is 4. The molecule has 0 saturated heterocycles. The van der Waals surface area contributed by atoms with Gasteiger partial charge in [-0.25, -0.2) is 0 Å². The van der Waals surface area contributed by atoms with E-state index in [0.717, 1.165) is 23.3 Å². The Morgan fingerprint density at radius 1 is 1.40 bits per heavy atom. The summed E-state index contributed by atoms with van der Waals surface area (Å²) in [6, 6.07) is 5.58. The number of hydrogen-bond acceptors (Lipinski definition) is 3. The van der Waals surface area contributed by atoms with Crippen LogP contribution in [-0.2, 0) is 12.8 Å². The summed E-state index contributed by atoms with van der Waals surface area (Å²) in [6.07, 6.45) is 0.993. The first kappa shape index (κ1) is 12.5. The molecule has 1 aromatic carbocycles. The van der Waals surface area contributed by atoms with Crippen LogP contribution in [0.4, 0.5) is 0 Å². The Bertz CT molecular complexity index is 331. The molecule has 0 heterocycles. The fourth-order valence-electron chi connectivity index (χ4n) is 1.48. The Kier molecular flexibility index (Phi) is 4.13. The second-order valence-corrected chi connectivity index (χ2v) is 4.67. The van der Waals surface area contributed by atoms with Crippen LogP contribution in [-0.4, -0.2) is 22.0 Å². The van der Waals surface area contributed by atoms with Crippen molar-refractivity contribution in [2.75, 3.05) is 7.11 Å². The van der Waals surface area contributed by atoms with Gasteiger partial charge >= 0.3 is 0 Å². The summed E-state index contributed by atoms with van der Waals surface area (Å²) < 4.78 is 3.34. The molecule has 84 valence electrons. The maximum Gasteiger partial charge on any atom is 0.225 e. The van der Waals surface area contributed by atoms with Gasteiger partial charge in [-0.15, -0.1) is 0 Å². The molecule has 0 aromatic heterocycles. The lowest BCUT2D eigenvalue weighted by Crippen LogP contribution is -2.21. The SMILES string of the molecule is CCc1cc(CC(O)(O)Br)ccc1OC. The van der Waals surface area contributed by atoms with Crippen LogP contribution < -0.4 is 4.74 Å². The van der Waals surface area contributed by atoms with E-state index in [0.29, 0.717) is 0 Å². The van der Waals surface area contributed by atoms with E-state index in [1.165, 1.54) is 0 Å². The maximum absolute atomic E-state index is 9.20. The molecule has 0 bridgehead atoms. The number of aryl methyl sites for hydroxylation is 1. The first-order valence-electron chi connectivity index (χ1n) is 4.75. The Hall–Kier alpha value is -0.580. The predicted molar refractivity (Wildman–Crippen MR) is 62.2 cm³/mol. The summed E-state index contributed by atoms with van der Waals surface area (Å²) in [6.45, 7) is 2.03. The molecule has 15 heavy (non-hydrogen) atoms. The monoisotopic (exact) mass is 274 g/mol. The zero-order valence-corrected chi connectivity index (χ0v) is 10.4. The van der Waals surface area contributed by atoms with E-state index in [-0.39, 0.29) is 6.42 Å². The minimum atomic E-state index is -1.84. The van der Waals surface area contributed by atoms with Gasteiger partial charge < -0.3 is 14.9 Å². The molecule has 0 aliphatic rings. The van der Waals surface area contributed by atoms with Gasteiger partial charge in [-0.3, -0.25) is 0 Å². The van der Waals surface area contributed by atoms with Gasteiger partial charge in [0, 0.05) is 6.42 Å². The zero-order chi connectivity index (χ0) is 11.5. The van der Waals surface area contributed by atoms with Gasteiger partial charge in [0.1, 0.15) is 5.75 Å². The lowest BCUT2D eigenvalue weighted by atomic mass is 10.1. The van der Waals surface area contributed by atoms with Gasteiger partial charge in [0.2, 0.25) is 4.70 Å². The molecule has 0 unspecified atom stereocenters. The molecule has 0 amide bonds. The summed E-state index contributed by atoms with van der Waals surface area (Å²) >= 11 is 2.78. The first-order valence-corrected chi connectivity index (χ1v) is 5.55. The molecule has 0 aliphatic heterocycles. The molecule has 2 N–H and O–H groups in total. The minimum absolute atomic E-state index is 0.143. The van der Waals surface area contributed by atoms with E-state index in [1.807, 2.05) is 25.1 Å². The summed E-state index contributed by atoms with van der Waals surface area (Å²) in [5, 5.41) is 18.4. The molecular formula is C11H15BrO3. The fourth-order valence-corrected chi connectivity index (χ4v) is 1.80. The van der Waals surface area contributed by atoms with Crippen LogP contribution in [0.3, 0.4) is 0 Å². The molecule has 0 saturated carbocycles. The normalized spacial score (nSPS) is 11.5. The number of alkyl halides is 1. The van der Waals surface area contributed by atoms with E-state index in [1.54, 1.807) is 7.11 Å². The van der Waals surface area contributed by atoms with Crippen LogP contribution in [0.2, 0.25) is 0 Å². The van der Waals surface area contributed by atoms with E-state index in [4.69, 9.17) is 4.74 Å². The minimum Gasteiger partial charge on any atom is -0.496 e. The number of aliphatic hydroxyl groups is 2. The second kappa shape index (κ2) is 4.96. The largest absolute Gasteiger partial charge is 0.496 e. The van der Waals surface area contributed by atoms with Crippen LogP contribution >= 0.6 is 15.9 Å². The van der Waals surface area contributed by atoms with Crippen molar-refractivity contribution >= 4 is 15.9 Å². The van der Waals surface area contributed by atoms with Crippen LogP contribution in [0.5, 0.6) is 5.75 Å². The van der Waals surface area contributed by atoms with E-state index >= 15 is 0 Å². The first-order chi connectivity index (χ1) is 6.96. The molecule has 4 heteroatoms. The third-order valence-electron chi connectivity index (χ3n) is 2.15. The highest BCUT2D eigenvalue weighted by atomic mass is 79.9. The van der Waals surface area contributed by atoms with Crippen molar-refractivity contribution in [1.82, 2.24) is 0 Å². The third kappa shape index (κ3) is 3.81. The topological polar surface area (TPSA) is 49.7 Å².